The summed E-state index contributed by atoms with van der Waals surface area (Å²) in [7, 11) is 0. The van der Waals surface area contributed by atoms with E-state index in [4.69, 9.17) is 5.73 Å². The van der Waals surface area contributed by atoms with Crippen LogP contribution in [0.15, 0.2) is 24.3 Å². The maximum atomic E-state index is 12.7. The number of carbonyl (C=O) groups excluding carboxylic acids is 1. The topological polar surface area (TPSA) is 43.1 Å². The second kappa shape index (κ2) is 3.23. The summed E-state index contributed by atoms with van der Waals surface area (Å²) in [6.07, 6.45) is -3.99. The highest BCUT2D eigenvalue weighted by Gasteiger charge is 2.64. The summed E-state index contributed by atoms with van der Waals surface area (Å²) >= 11 is 0. The van der Waals surface area contributed by atoms with E-state index in [9.17, 15) is 18.0 Å². The van der Waals surface area contributed by atoms with Crippen LogP contribution in [-0.2, 0) is 5.41 Å². The van der Waals surface area contributed by atoms with Crippen LogP contribution in [0, 0.1) is 0 Å². The van der Waals surface area contributed by atoms with Crippen LogP contribution in [0.5, 0.6) is 0 Å². The summed E-state index contributed by atoms with van der Waals surface area (Å²) in [4.78, 5) is 10.8. The predicted octanol–water partition coefficient (Wildman–Crippen LogP) is 2.38. The van der Waals surface area contributed by atoms with Crippen LogP contribution in [0.3, 0.4) is 0 Å². The van der Waals surface area contributed by atoms with E-state index >= 15 is 0 Å². The highest BCUT2D eigenvalue weighted by molar-refractivity contribution is 5.92. The van der Waals surface area contributed by atoms with Gasteiger partial charge in [-0.05, 0) is 30.5 Å². The summed E-state index contributed by atoms with van der Waals surface area (Å²) in [6, 6.07) is 5.34. The maximum absolute atomic E-state index is 12.7. The molecule has 86 valence electrons. The highest BCUT2D eigenvalue weighted by Crippen LogP contribution is 2.58. The minimum absolute atomic E-state index is 0.117. The average Bonchev–Trinajstić information content (AvgIpc) is 2.97. The zero-order valence-corrected chi connectivity index (χ0v) is 8.34. The first-order valence-electron chi connectivity index (χ1n) is 4.84. The van der Waals surface area contributed by atoms with Crippen molar-refractivity contribution in [3.63, 3.8) is 0 Å². The first-order chi connectivity index (χ1) is 7.37. The third-order valence-corrected chi connectivity index (χ3v) is 3.01. The number of alkyl halides is 3. The lowest BCUT2D eigenvalue weighted by Crippen LogP contribution is -2.28. The van der Waals surface area contributed by atoms with Gasteiger partial charge in [0.15, 0.2) is 0 Å². The Morgan fingerprint density at radius 1 is 1.19 bits per heavy atom. The molecule has 1 aliphatic rings. The molecule has 0 bridgehead atoms. The molecule has 0 heterocycles. The largest absolute Gasteiger partial charge is 0.398 e. The van der Waals surface area contributed by atoms with Crippen molar-refractivity contribution in [3.05, 3.63) is 35.4 Å². The second-order valence-corrected chi connectivity index (χ2v) is 4.02. The number of rotatable bonds is 2. The van der Waals surface area contributed by atoms with Crippen LogP contribution < -0.4 is 5.73 Å². The van der Waals surface area contributed by atoms with Gasteiger partial charge in [0.2, 0.25) is 5.91 Å². The van der Waals surface area contributed by atoms with Gasteiger partial charge in [-0.25, -0.2) is 0 Å². The van der Waals surface area contributed by atoms with Crippen LogP contribution in [0.2, 0.25) is 0 Å². The van der Waals surface area contributed by atoms with E-state index in [-0.39, 0.29) is 24.0 Å². The van der Waals surface area contributed by atoms with Crippen molar-refractivity contribution in [1.82, 2.24) is 0 Å². The van der Waals surface area contributed by atoms with E-state index in [1.807, 2.05) is 0 Å². The van der Waals surface area contributed by atoms with Crippen LogP contribution >= 0.6 is 0 Å². The van der Waals surface area contributed by atoms with Gasteiger partial charge >= 0.3 is 6.18 Å². The van der Waals surface area contributed by atoms with Gasteiger partial charge in [-0.3, -0.25) is 4.79 Å². The van der Waals surface area contributed by atoms with E-state index in [1.54, 1.807) is 0 Å². The van der Waals surface area contributed by atoms with Crippen LogP contribution in [-0.4, -0.2) is 12.1 Å². The molecule has 0 spiro atoms. The molecule has 1 aromatic rings. The molecule has 0 aliphatic heterocycles. The van der Waals surface area contributed by atoms with E-state index in [0.29, 0.717) is 0 Å². The molecule has 1 saturated carbocycles. The van der Waals surface area contributed by atoms with E-state index in [0.717, 1.165) is 0 Å². The summed E-state index contributed by atoms with van der Waals surface area (Å²) in [5.74, 6) is -0.636. The van der Waals surface area contributed by atoms with Crippen molar-refractivity contribution in [3.8, 4) is 0 Å². The summed E-state index contributed by atoms with van der Waals surface area (Å²) in [5, 5.41) is 0. The lowest BCUT2D eigenvalue weighted by molar-refractivity contribution is -0.160. The fourth-order valence-corrected chi connectivity index (χ4v) is 1.81. The average molecular weight is 229 g/mol. The van der Waals surface area contributed by atoms with Crippen molar-refractivity contribution >= 4 is 5.91 Å². The number of nitrogens with two attached hydrogens (primary N) is 1. The van der Waals surface area contributed by atoms with Gasteiger partial charge in [-0.1, -0.05) is 12.1 Å². The van der Waals surface area contributed by atoms with Gasteiger partial charge in [0, 0.05) is 5.56 Å². The number of primary amides is 1. The molecular weight excluding hydrogens is 219 g/mol. The Hall–Kier alpha value is -1.52. The normalized spacial score (nSPS) is 18.2. The third-order valence-electron chi connectivity index (χ3n) is 3.01. The number of carbonyl (C=O) groups is 1. The van der Waals surface area contributed by atoms with E-state index in [1.165, 1.54) is 24.3 Å². The molecule has 1 fully saturated rings. The van der Waals surface area contributed by atoms with Gasteiger partial charge in [-0.2, -0.15) is 13.2 Å². The molecule has 16 heavy (non-hydrogen) atoms. The number of hydrogen-bond donors (Lipinski definition) is 1. The van der Waals surface area contributed by atoms with Gasteiger partial charge in [-0.15, -0.1) is 0 Å². The fourth-order valence-electron chi connectivity index (χ4n) is 1.81. The molecule has 0 saturated heterocycles. The van der Waals surface area contributed by atoms with Crippen molar-refractivity contribution in [2.75, 3.05) is 0 Å². The second-order valence-electron chi connectivity index (χ2n) is 4.02. The maximum Gasteiger partial charge on any atom is 0.398 e. The van der Waals surface area contributed by atoms with Crippen LogP contribution in [0.4, 0.5) is 13.2 Å². The third kappa shape index (κ3) is 1.56. The molecule has 1 aromatic carbocycles. The van der Waals surface area contributed by atoms with E-state index < -0.39 is 17.5 Å². The molecule has 5 heteroatoms. The Labute approximate surface area is 90.2 Å². The summed E-state index contributed by atoms with van der Waals surface area (Å²) < 4.78 is 38.2. The van der Waals surface area contributed by atoms with Gasteiger partial charge < -0.3 is 5.73 Å². The predicted molar refractivity (Wildman–Crippen MR) is 51.9 cm³/mol. The molecule has 0 atom stereocenters. The van der Waals surface area contributed by atoms with Crippen LogP contribution in [0.25, 0.3) is 0 Å². The molecule has 2 rings (SSSR count). The van der Waals surface area contributed by atoms with Crippen molar-refractivity contribution in [1.29, 1.82) is 0 Å². The molecule has 0 aromatic heterocycles. The molecule has 0 radical (unpaired) electrons. The Balaban J connectivity index is 2.33. The minimum atomic E-state index is -4.22. The Morgan fingerprint density at radius 3 is 2.00 bits per heavy atom. The molecule has 1 amide bonds. The molecule has 0 unspecified atom stereocenters. The molecular formula is C11H10F3NO. The van der Waals surface area contributed by atoms with Crippen molar-refractivity contribution < 1.29 is 18.0 Å². The lowest BCUT2D eigenvalue weighted by atomic mass is 9.94. The SMILES string of the molecule is NC(=O)c1ccc(C2(C(F)(F)F)CC2)cc1. The van der Waals surface area contributed by atoms with Crippen molar-refractivity contribution in [2.45, 2.75) is 24.4 Å². The number of benzene rings is 1. The lowest BCUT2D eigenvalue weighted by Gasteiger charge is -2.19. The highest BCUT2D eigenvalue weighted by atomic mass is 19.4. The standard InChI is InChI=1S/C11H10F3NO/c12-11(13,14)10(5-6-10)8-3-1-7(2-4-8)9(15)16/h1-4H,5-6H2,(H2,15,16). The fraction of sp³-hybridized carbons (Fsp3) is 0.364. The first kappa shape index (κ1) is 11.0. The van der Waals surface area contributed by atoms with E-state index in [2.05, 4.69) is 0 Å². The van der Waals surface area contributed by atoms with Crippen molar-refractivity contribution in [2.24, 2.45) is 5.73 Å². The molecule has 1 aliphatic carbocycles. The summed E-state index contributed by atoms with van der Waals surface area (Å²) in [6.45, 7) is 0. The van der Waals surface area contributed by atoms with Gasteiger partial charge in [0.25, 0.3) is 0 Å². The first-order valence-corrected chi connectivity index (χ1v) is 4.84. The Morgan fingerprint density at radius 2 is 1.69 bits per heavy atom. The zero-order chi connectivity index (χ0) is 12.0. The van der Waals surface area contributed by atoms with Gasteiger partial charge in [0.1, 0.15) is 0 Å². The quantitative estimate of drug-likeness (QED) is 0.831. The number of amides is 1. The minimum Gasteiger partial charge on any atom is -0.366 e. The zero-order valence-electron chi connectivity index (χ0n) is 8.34. The smallest absolute Gasteiger partial charge is 0.366 e. The summed E-state index contributed by atoms with van der Waals surface area (Å²) in [5.41, 5.74) is 3.76. The molecule has 2 N–H and O–H groups in total. The number of halogens is 3. The molecule has 2 nitrogen and oxygen atoms in total. The Bertz CT molecular complexity index is 418. The van der Waals surface area contributed by atoms with Gasteiger partial charge in [0.05, 0.1) is 5.41 Å². The Kier molecular flexibility index (Phi) is 2.22. The number of hydrogen-bond acceptors (Lipinski definition) is 1. The van der Waals surface area contributed by atoms with Crippen LogP contribution in [0.1, 0.15) is 28.8 Å². The monoisotopic (exact) mass is 229 g/mol.